The highest BCUT2D eigenvalue weighted by Crippen LogP contribution is 2.24. The lowest BCUT2D eigenvalue weighted by Crippen LogP contribution is -2.55. The molecular formula is C16H27ClN4. The Hall–Kier alpha value is -0.840. The molecule has 2 atom stereocenters. The molecule has 118 valence electrons. The molecule has 0 aliphatic carbocycles. The molecule has 1 N–H and O–H groups in total. The Kier molecular flexibility index (Phi) is 5.85. The van der Waals surface area contributed by atoms with Crippen LogP contribution >= 0.6 is 11.6 Å². The average molecular weight is 311 g/mol. The van der Waals surface area contributed by atoms with Crippen LogP contribution in [0, 0.1) is 0 Å². The summed E-state index contributed by atoms with van der Waals surface area (Å²) in [6.07, 6.45) is 2.91. The Morgan fingerprint density at radius 3 is 2.62 bits per heavy atom. The summed E-state index contributed by atoms with van der Waals surface area (Å²) >= 11 is 6.27. The molecule has 2 rings (SSSR count). The van der Waals surface area contributed by atoms with Gasteiger partial charge in [0.2, 0.25) is 0 Å². The molecule has 0 amide bonds. The van der Waals surface area contributed by atoms with E-state index in [4.69, 9.17) is 11.6 Å². The van der Waals surface area contributed by atoms with Gasteiger partial charge in [-0.05, 0) is 45.5 Å². The van der Waals surface area contributed by atoms with Crippen LogP contribution in [-0.2, 0) is 6.54 Å². The molecule has 21 heavy (non-hydrogen) atoms. The number of rotatable bonds is 5. The molecule has 2 heterocycles. The van der Waals surface area contributed by atoms with Crippen LogP contribution in [0.2, 0.25) is 5.02 Å². The van der Waals surface area contributed by atoms with Gasteiger partial charge in [0, 0.05) is 37.9 Å². The maximum atomic E-state index is 6.27. The molecule has 1 fully saturated rings. The maximum Gasteiger partial charge on any atom is 0.129 e. The van der Waals surface area contributed by atoms with Gasteiger partial charge in [-0.3, -0.25) is 4.90 Å². The quantitative estimate of drug-likeness (QED) is 0.847. The van der Waals surface area contributed by atoms with Gasteiger partial charge in [0.1, 0.15) is 5.82 Å². The third-order valence-corrected chi connectivity index (χ3v) is 4.69. The van der Waals surface area contributed by atoms with Gasteiger partial charge >= 0.3 is 0 Å². The van der Waals surface area contributed by atoms with Gasteiger partial charge in [-0.15, -0.1) is 0 Å². The van der Waals surface area contributed by atoms with E-state index < -0.39 is 0 Å². The summed E-state index contributed by atoms with van der Waals surface area (Å²) in [5.74, 6) is 1.04. The molecule has 4 nitrogen and oxygen atoms in total. The molecule has 0 saturated carbocycles. The SMILES string of the molecule is CCCNCc1cc(N2CC(C)N(C)C(C)C2)ncc1Cl. The lowest BCUT2D eigenvalue weighted by atomic mass is 10.1. The summed E-state index contributed by atoms with van der Waals surface area (Å²) in [6.45, 7) is 10.5. The summed E-state index contributed by atoms with van der Waals surface area (Å²) in [4.78, 5) is 9.33. The second-order valence-electron chi connectivity index (χ2n) is 6.08. The van der Waals surface area contributed by atoms with Crippen molar-refractivity contribution in [3.05, 3.63) is 22.8 Å². The number of hydrogen-bond acceptors (Lipinski definition) is 4. The van der Waals surface area contributed by atoms with E-state index in [2.05, 4.69) is 54.0 Å². The number of hydrogen-bond donors (Lipinski definition) is 1. The van der Waals surface area contributed by atoms with Gasteiger partial charge in [0.15, 0.2) is 0 Å². The second-order valence-corrected chi connectivity index (χ2v) is 6.49. The number of pyridine rings is 1. The van der Waals surface area contributed by atoms with Crippen molar-refractivity contribution < 1.29 is 0 Å². The van der Waals surface area contributed by atoms with Crippen LogP contribution in [0.25, 0.3) is 0 Å². The minimum atomic E-state index is 0.535. The summed E-state index contributed by atoms with van der Waals surface area (Å²) in [5.41, 5.74) is 1.13. The molecule has 0 radical (unpaired) electrons. The van der Waals surface area contributed by atoms with Crippen molar-refractivity contribution in [1.82, 2.24) is 15.2 Å². The van der Waals surface area contributed by atoms with Crippen LogP contribution in [0.15, 0.2) is 12.3 Å². The van der Waals surface area contributed by atoms with Crippen LogP contribution in [0.3, 0.4) is 0 Å². The Labute approximate surface area is 133 Å². The first-order valence-corrected chi connectivity index (χ1v) is 8.22. The van der Waals surface area contributed by atoms with Crippen molar-refractivity contribution in [2.75, 3.05) is 31.6 Å². The summed E-state index contributed by atoms with van der Waals surface area (Å²) in [7, 11) is 2.20. The zero-order valence-corrected chi connectivity index (χ0v) is 14.3. The third kappa shape index (κ3) is 4.09. The minimum Gasteiger partial charge on any atom is -0.353 e. The molecule has 2 unspecified atom stereocenters. The van der Waals surface area contributed by atoms with Crippen LogP contribution in [0.5, 0.6) is 0 Å². The first-order chi connectivity index (χ1) is 10.0. The average Bonchev–Trinajstić information content (AvgIpc) is 2.46. The Morgan fingerprint density at radius 2 is 2.00 bits per heavy atom. The van der Waals surface area contributed by atoms with Crippen molar-refractivity contribution in [2.45, 2.75) is 45.8 Å². The largest absolute Gasteiger partial charge is 0.353 e. The van der Waals surface area contributed by atoms with Gasteiger partial charge in [0.05, 0.1) is 5.02 Å². The number of nitrogens with one attached hydrogen (secondary N) is 1. The standard InChI is InChI=1S/C16H27ClN4/c1-5-6-18-8-14-7-16(19-9-15(14)17)21-10-12(2)20(4)13(3)11-21/h7,9,12-13,18H,5-6,8,10-11H2,1-4H3. The van der Waals surface area contributed by atoms with E-state index in [1.54, 1.807) is 6.20 Å². The fourth-order valence-electron chi connectivity index (χ4n) is 2.77. The number of aromatic nitrogens is 1. The fraction of sp³-hybridized carbons (Fsp3) is 0.688. The fourth-order valence-corrected chi connectivity index (χ4v) is 2.94. The number of halogens is 1. The molecule has 1 aromatic heterocycles. The van der Waals surface area contributed by atoms with Gasteiger partial charge in [0.25, 0.3) is 0 Å². The molecule has 0 aromatic carbocycles. The molecule has 1 saturated heterocycles. The number of anilines is 1. The van der Waals surface area contributed by atoms with E-state index in [1.165, 1.54) is 0 Å². The topological polar surface area (TPSA) is 31.4 Å². The molecule has 1 aliphatic rings. The van der Waals surface area contributed by atoms with Gasteiger partial charge < -0.3 is 10.2 Å². The third-order valence-electron chi connectivity index (χ3n) is 4.35. The molecular weight excluding hydrogens is 284 g/mol. The number of nitrogens with zero attached hydrogens (tertiary/aromatic N) is 3. The second kappa shape index (κ2) is 7.43. The first kappa shape index (κ1) is 16.5. The Morgan fingerprint density at radius 1 is 1.33 bits per heavy atom. The van der Waals surface area contributed by atoms with E-state index in [0.717, 1.165) is 49.0 Å². The maximum absolute atomic E-state index is 6.27. The minimum absolute atomic E-state index is 0.535. The molecule has 0 spiro atoms. The monoisotopic (exact) mass is 310 g/mol. The Bertz CT molecular complexity index is 454. The van der Waals surface area contributed by atoms with E-state index in [-0.39, 0.29) is 0 Å². The van der Waals surface area contributed by atoms with Crippen molar-refractivity contribution in [1.29, 1.82) is 0 Å². The highest BCUT2D eigenvalue weighted by Gasteiger charge is 2.27. The van der Waals surface area contributed by atoms with Gasteiger partial charge in [-0.2, -0.15) is 0 Å². The van der Waals surface area contributed by atoms with Crippen LogP contribution < -0.4 is 10.2 Å². The summed E-state index contributed by atoms with van der Waals surface area (Å²) in [5, 5.41) is 4.16. The summed E-state index contributed by atoms with van der Waals surface area (Å²) in [6, 6.07) is 3.20. The predicted octanol–water partition coefficient (Wildman–Crippen LogP) is 2.76. The molecule has 1 aliphatic heterocycles. The van der Waals surface area contributed by atoms with Gasteiger partial charge in [-0.25, -0.2) is 4.98 Å². The van der Waals surface area contributed by atoms with Gasteiger partial charge in [-0.1, -0.05) is 18.5 Å². The molecule has 0 bridgehead atoms. The number of piperazine rings is 1. The van der Waals surface area contributed by atoms with E-state index in [0.29, 0.717) is 12.1 Å². The predicted molar refractivity (Wildman–Crippen MR) is 90.1 cm³/mol. The first-order valence-electron chi connectivity index (χ1n) is 7.85. The molecule has 1 aromatic rings. The van der Waals surface area contributed by atoms with Crippen molar-refractivity contribution >= 4 is 17.4 Å². The zero-order chi connectivity index (χ0) is 15.4. The van der Waals surface area contributed by atoms with E-state index in [1.807, 2.05) is 0 Å². The number of likely N-dealkylation sites (N-methyl/N-ethyl adjacent to an activating group) is 1. The van der Waals surface area contributed by atoms with E-state index in [9.17, 15) is 0 Å². The van der Waals surface area contributed by atoms with Crippen molar-refractivity contribution in [3.8, 4) is 0 Å². The van der Waals surface area contributed by atoms with E-state index >= 15 is 0 Å². The van der Waals surface area contributed by atoms with Crippen LogP contribution in [0.1, 0.15) is 32.8 Å². The lowest BCUT2D eigenvalue weighted by molar-refractivity contribution is 0.169. The highest BCUT2D eigenvalue weighted by atomic mass is 35.5. The van der Waals surface area contributed by atoms with Crippen molar-refractivity contribution in [2.24, 2.45) is 0 Å². The molecule has 5 heteroatoms. The Balaban J connectivity index is 2.11. The van der Waals surface area contributed by atoms with Crippen LogP contribution in [-0.4, -0.2) is 48.6 Å². The highest BCUT2D eigenvalue weighted by molar-refractivity contribution is 6.31. The van der Waals surface area contributed by atoms with Crippen molar-refractivity contribution in [3.63, 3.8) is 0 Å². The normalized spacial score (nSPS) is 23.6. The zero-order valence-electron chi connectivity index (χ0n) is 13.6. The van der Waals surface area contributed by atoms with Crippen LogP contribution in [0.4, 0.5) is 5.82 Å². The smallest absolute Gasteiger partial charge is 0.129 e. The lowest BCUT2D eigenvalue weighted by Gasteiger charge is -2.43. The summed E-state index contributed by atoms with van der Waals surface area (Å²) < 4.78 is 0.